The molecule has 1 N–H and O–H groups in total. The van der Waals surface area contributed by atoms with Crippen LogP contribution in [-0.2, 0) is 14.8 Å². The summed E-state index contributed by atoms with van der Waals surface area (Å²) in [4.78, 5) is 12.0. The van der Waals surface area contributed by atoms with Crippen LogP contribution in [0, 0.1) is 0 Å². The molecule has 0 saturated heterocycles. The lowest BCUT2D eigenvalue weighted by atomic mass is 10.1. The van der Waals surface area contributed by atoms with E-state index in [0.29, 0.717) is 0 Å². The van der Waals surface area contributed by atoms with Crippen molar-refractivity contribution < 1.29 is 17.9 Å². The van der Waals surface area contributed by atoms with Crippen LogP contribution in [0.2, 0.25) is 0 Å². The number of carbonyl (C=O) groups excluding carboxylic acids is 1. The van der Waals surface area contributed by atoms with Crippen molar-refractivity contribution >= 4 is 15.8 Å². The summed E-state index contributed by atoms with van der Waals surface area (Å²) in [6.07, 6.45) is -0.856. The van der Waals surface area contributed by atoms with Gasteiger partial charge in [0.1, 0.15) is 0 Å². The summed E-state index contributed by atoms with van der Waals surface area (Å²) in [7, 11) is -2.94. The monoisotopic (exact) mass is 256 g/mol. The molecule has 93 valence electrons. The zero-order chi connectivity index (χ0) is 13.1. The van der Waals surface area contributed by atoms with Gasteiger partial charge in [-0.2, -0.15) is 0 Å². The Bertz CT molecular complexity index is 483. The molecule has 2 atom stereocenters. The van der Waals surface area contributed by atoms with E-state index in [1.165, 1.54) is 26.2 Å². The minimum atomic E-state index is -4.25. The van der Waals surface area contributed by atoms with Gasteiger partial charge in [0.05, 0.1) is 6.10 Å². The molecule has 2 unspecified atom stereocenters. The summed E-state index contributed by atoms with van der Waals surface area (Å²) in [5, 5.41) is 5.58. The number of sulfonamides is 1. The molecule has 0 aliphatic heterocycles. The van der Waals surface area contributed by atoms with Crippen molar-refractivity contribution in [3.05, 3.63) is 35.9 Å². The molecule has 5 nitrogen and oxygen atoms in total. The highest BCUT2D eigenvalue weighted by Gasteiger charge is 2.36. The highest BCUT2D eigenvalue weighted by molar-refractivity contribution is 7.90. The Kier molecular flexibility index (Phi) is 4.39. The van der Waals surface area contributed by atoms with Crippen LogP contribution in [0.25, 0.3) is 0 Å². The number of ketones is 1. The molecule has 1 rings (SSSR count). The predicted molar refractivity (Wildman–Crippen MR) is 63.0 cm³/mol. The number of hydrogen-bond acceptors (Lipinski definition) is 4. The maximum atomic E-state index is 12.0. The van der Waals surface area contributed by atoms with Crippen LogP contribution >= 0.6 is 0 Å². The summed E-state index contributed by atoms with van der Waals surface area (Å²) in [6.45, 7) is 1.46. The second kappa shape index (κ2) is 5.39. The smallest absolute Gasteiger partial charge is 0.238 e. The van der Waals surface area contributed by atoms with E-state index in [9.17, 15) is 13.2 Å². The highest BCUT2D eigenvalue weighted by atomic mass is 32.2. The fraction of sp³-hybridized carbons (Fsp3) is 0.364. The molecule has 1 aromatic rings. The second-order valence-electron chi connectivity index (χ2n) is 3.64. The molecule has 0 heterocycles. The summed E-state index contributed by atoms with van der Waals surface area (Å²) >= 11 is 0. The normalized spacial score (nSPS) is 15.2. The number of carbonyl (C=O) groups is 1. The molecule has 0 saturated carbocycles. The molecule has 17 heavy (non-hydrogen) atoms. The number of ether oxygens (including phenoxy) is 1. The largest absolute Gasteiger partial charge is 0.380 e. The lowest BCUT2D eigenvalue weighted by Gasteiger charge is -2.19. The fourth-order valence-electron chi connectivity index (χ4n) is 1.50. The van der Waals surface area contributed by atoms with E-state index in [-0.39, 0.29) is 5.56 Å². The first kappa shape index (κ1) is 13.8. The third kappa shape index (κ3) is 3.36. The summed E-state index contributed by atoms with van der Waals surface area (Å²) in [6, 6.07) is 8.03. The molecule has 6 heteroatoms. The Balaban J connectivity index is 3.13. The van der Waals surface area contributed by atoms with E-state index in [0.717, 1.165) is 0 Å². The lowest BCUT2D eigenvalue weighted by Crippen LogP contribution is -2.41. The van der Waals surface area contributed by atoms with E-state index in [1.54, 1.807) is 18.2 Å². The van der Waals surface area contributed by atoms with Gasteiger partial charge < -0.3 is 4.74 Å². The SMILES string of the molecule is COC(C)C(C(=O)c1ccccc1)S([NH])(=O)=O. The van der Waals surface area contributed by atoms with Gasteiger partial charge in [-0.3, -0.25) is 4.79 Å². The molecular weight excluding hydrogens is 242 g/mol. The van der Waals surface area contributed by atoms with Gasteiger partial charge in [0, 0.05) is 12.7 Å². The Morgan fingerprint density at radius 2 is 1.82 bits per heavy atom. The van der Waals surface area contributed by atoms with Crippen LogP contribution in [0.15, 0.2) is 30.3 Å². The number of nitrogens with one attached hydrogen (secondary N) is 1. The number of Topliss-reactive ketones (excluding diaryl/α,β-unsaturated/α-hetero) is 1. The van der Waals surface area contributed by atoms with Gasteiger partial charge in [-0.25, -0.2) is 8.42 Å². The molecule has 1 aromatic carbocycles. The van der Waals surface area contributed by atoms with Crippen LogP contribution in [0.5, 0.6) is 0 Å². The van der Waals surface area contributed by atoms with Crippen LogP contribution in [-0.4, -0.2) is 32.7 Å². The summed E-state index contributed by atoms with van der Waals surface area (Å²) in [5.41, 5.74) is 0.261. The first-order valence-electron chi connectivity index (χ1n) is 4.98. The first-order valence-corrected chi connectivity index (χ1v) is 6.53. The van der Waals surface area contributed by atoms with Crippen LogP contribution < -0.4 is 5.14 Å². The molecule has 0 fully saturated rings. The van der Waals surface area contributed by atoms with Crippen molar-refractivity contribution in [2.45, 2.75) is 18.3 Å². The van der Waals surface area contributed by atoms with Crippen molar-refractivity contribution in [2.24, 2.45) is 0 Å². The number of rotatable bonds is 5. The van der Waals surface area contributed by atoms with E-state index < -0.39 is 27.2 Å². The van der Waals surface area contributed by atoms with Crippen molar-refractivity contribution in [3.8, 4) is 0 Å². The van der Waals surface area contributed by atoms with E-state index in [4.69, 9.17) is 9.88 Å². The Morgan fingerprint density at radius 3 is 2.24 bits per heavy atom. The third-order valence-electron chi connectivity index (χ3n) is 2.45. The van der Waals surface area contributed by atoms with Gasteiger partial charge in [-0.05, 0) is 6.92 Å². The average Bonchev–Trinajstić information content (AvgIpc) is 2.28. The van der Waals surface area contributed by atoms with Gasteiger partial charge in [-0.15, -0.1) is 5.14 Å². The van der Waals surface area contributed by atoms with E-state index in [1.807, 2.05) is 0 Å². The van der Waals surface area contributed by atoms with E-state index in [2.05, 4.69) is 0 Å². The van der Waals surface area contributed by atoms with Crippen molar-refractivity contribution in [2.75, 3.05) is 7.11 Å². The highest BCUT2D eigenvalue weighted by Crippen LogP contribution is 2.14. The fourth-order valence-corrected chi connectivity index (χ4v) is 2.53. The number of hydrogen-bond donors (Lipinski definition) is 0. The van der Waals surface area contributed by atoms with Crippen LogP contribution in [0.4, 0.5) is 0 Å². The Morgan fingerprint density at radius 1 is 1.29 bits per heavy atom. The predicted octanol–water partition coefficient (Wildman–Crippen LogP) is 0.885. The molecule has 0 aliphatic rings. The maximum Gasteiger partial charge on any atom is 0.238 e. The zero-order valence-electron chi connectivity index (χ0n) is 9.58. The Hall–Kier alpha value is -1.24. The topological polar surface area (TPSA) is 84.2 Å². The minimum Gasteiger partial charge on any atom is -0.380 e. The minimum absolute atomic E-state index is 0.261. The van der Waals surface area contributed by atoms with Crippen LogP contribution in [0.1, 0.15) is 17.3 Å². The van der Waals surface area contributed by atoms with Gasteiger partial charge in [0.25, 0.3) is 0 Å². The number of methoxy groups -OCH3 is 1. The molecule has 0 aliphatic carbocycles. The molecule has 1 radical (unpaired) electrons. The maximum absolute atomic E-state index is 12.0. The van der Waals surface area contributed by atoms with Gasteiger partial charge in [-0.1, -0.05) is 30.3 Å². The molecule has 0 amide bonds. The van der Waals surface area contributed by atoms with E-state index >= 15 is 0 Å². The molecular formula is C11H14NO4S. The standard InChI is InChI=1S/C11H14NO4S/c1-8(16-2)11(17(12,14)15)10(13)9-6-4-3-5-7-9/h3-8,11-12H,1-2H3. The van der Waals surface area contributed by atoms with Crippen molar-refractivity contribution in [1.29, 1.82) is 0 Å². The summed E-state index contributed by atoms with van der Waals surface area (Å²) in [5.74, 6) is -0.616. The lowest BCUT2D eigenvalue weighted by molar-refractivity contribution is 0.0805. The zero-order valence-corrected chi connectivity index (χ0v) is 10.4. The number of benzene rings is 1. The van der Waals surface area contributed by atoms with Gasteiger partial charge in [0.2, 0.25) is 10.0 Å². The van der Waals surface area contributed by atoms with Gasteiger partial charge in [0.15, 0.2) is 11.0 Å². The second-order valence-corrected chi connectivity index (χ2v) is 5.23. The first-order chi connectivity index (χ1) is 7.88. The molecule has 0 spiro atoms. The average molecular weight is 256 g/mol. The third-order valence-corrected chi connectivity index (χ3v) is 3.72. The Labute approximate surface area is 101 Å². The van der Waals surface area contributed by atoms with Gasteiger partial charge >= 0.3 is 0 Å². The van der Waals surface area contributed by atoms with Crippen molar-refractivity contribution in [3.63, 3.8) is 0 Å². The van der Waals surface area contributed by atoms with Crippen LogP contribution in [0.3, 0.4) is 0 Å². The molecule has 0 bridgehead atoms. The quantitative estimate of drug-likeness (QED) is 0.732. The van der Waals surface area contributed by atoms with Crippen molar-refractivity contribution in [1.82, 2.24) is 5.14 Å². The summed E-state index contributed by atoms with van der Waals surface area (Å²) < 4.78 is 27.5. The molecule has 0 aromatic heterocycles.